The van der Waals surface area contributed by atoms with Crippen LogP contribution in [-0.4, -0.2) is 48.2 Å². The van der Waals surface area contributed by atoms with Crippen molar-refractivity contribution in [1.82, 2.24) is 4.90 Å². The minimum Gasteiger partial charge on any atom is -0.465 e. The number of hydrogen-bond donors (Lipinski definition) is 0. The van der Waals surface area contributed by atoms with Gasteiger partial charge in [-0.2, -0.15) is 0 Å². The first-order valence-corrected chi connectivity index (χ1v) is 7.29. The van der Waals surface area contributed by atoms with Gasteiger partial charge in [-0.1, -0.05) is 0 Å². The van der Waals surface area contributed by atoms with E-state index in [4.69, 9.17) is 9.47 Å². The van der Waals surface area contributed by atoms with Crippen LogP contribution in [0.25, 0.3) is 0 Å². The van der Waals surface area contributed by atoms with Crippen molar-refractivity contribution in [2.45, 2.75) is 64.1 Å². The Labute approximate surface area is 114 Å². The van der Waals surface area contributed by atoms with Crippen molar-refractivity contribution < 1.29 is 19.1 Å². The van der Waals surface area contributed by atoms with Gasteiger partial charge in [0.05, 0.1) is 13.2 Å². The molecule has 2 rings (SSSR count). The molecule has 0 aromatic heterocycles. The average Bonchev–Trinajstić information content (AvgIpc) is 2.83. The Hall–Kier alpha value is -1.10. The van der Waals surface area contributed by atoms with E-state index in [1.165, 1.54) is 0 Å². The third-order valence-electron chi connectivity index (χ3n) is 4.05. The van der Waals surface area contributed by atoms with Crippen LogP contribution >= 0.6 is 0 Å². The number of ether oxygens (including phenoxy) is 2. The Morgan fingerprint density at radius 2 is 1.53 bits per heavy atom. The lowest BCUT2D eigenvalue weighted by Crippen LogP contribution is -2.53. The minimum atomic E-state index is -0.268. The summed E-state index contributed by atoms with van der Waals surface area (Å²) in [5.74, 6) is -0.385. The topological polar surface area (TPSA) is 55.8 Å². The molecule has 3 atom stereocenters. The Balaban J connectivity index is 2.11. The fourth-order valence-electron chi connectivity index (χ4n) is 3.32. The van der Waals surface area contributed by atoms with Crippen LogP contribution in [0.5, 0.6) is 0 Å². The number of carbonyl (C=O) groups is 2. The molecule has 0 saturated carbocycles. The number of rotatable bonds is 4. The maximum atomic E-state index is 12.1. The fraction of sp³-hybridized carbons (Fsp3) is 0.857. The van der Waals surface area contributed by atoms with Gasteiger partial charge in [-0.15, -0.1) is 0 Å². The molecule has 2 aliphatic heterocycles. The van der Waals surface area contributed by atoms with E-state index in [1.807, 2.05) is 13.8 Å². The second-order valence-electron chi connectivity index (χ2n) is 5.14. The maximum Gasteiger partial charge on any atom is 0.323 e. The van der Waals surface area contributed by atoms with Crippen LogP contribution in [0.2, 0.25) is 0 Å². The molecule has 0 aromatic carbocycles. The third-order valence-corrected chi connectivity index (χ3v) is 4.05. The summed E-state index contributed by atoms with van der Waals surface area (Å²) in [4.78, 5) is 26.1. The van der Waals surface area contributed by atoms with Gasteiger partial charge in [-0.25, -0.2) is 0 Å². The smallest absolute Gasteiger partial charge is 0.323 e. The minimum absolute atomic E-state index is 0.191. The molecule has 19 heavy (non-hydrogen) atoms. The van der Waals surface area contributed by atoms with Gasteiger partial charge in [0.1, 0.15) is 12.1 Å². The molecule has 2 fully saturated rings. The SMILES string of the molecule is CCOC(=O)[C@H]1CCC[C@@H]2CC[C@H](C(=O)OCC)N21. The first-order valence-electron chi connectivity index (χ1n) is 7.29. The van der Waals surface area contributed by atoms with E-state index in [0.717, 1.165) is 32.1 Å². The third kappa shape index (κ3) is 2.91. The Kier molecular flexibility index (Phi) is 4.80. The average molecular weight is 269 g/mol. The fourth-order valence-corrected chi connectivity index (χ4v) is 3.32. The number of hydrogen-bond acceptors (Lipinski definition) is 5. The van der Waals surface area contributed by atoms with Crippen LogP contribution in [0.1, 0.15) is 46.0 Å². The first-order chi connectivity index (χ1) is 9.19. The zero-order valence-corrected chi connectivity index (χ0v) is 11.8. The zero-order chi connectivity index (χ0) is 13.8. The highest BCUT2D eigenvalue weighted by molar-refractivity contribution is 5.80. The summed E-state index contributed by atoms with van der Waals surface area (Å²) in [5, 5.41) is 0. The molecule has 0 bridgehead atoms. The van der Waals surface area contributed by atoms with E-state index >= 15 is 0 Å². The summed E-state index contributed by atoms with van der Waals surface area (Å²) in [7, 11) is 0. The van der Waals surface area contributed by atoms with E-state index < -0.39 is 0 Å². The summed E-state index contributed by atoms with van der Waals surface area (Å²) in [5.41, 5.74) is 0. The van der Waals surface area contributed by atoms with Gasteiger partial charge in [0, 0.05) is 6.04 Å². The number of fused-ring (bicyclic) bond motifs is 1. The van der Waals surface area contributed by atoms with Gasteiger partial charge in [0.2, 0.25) is 0 Å². The quantitative estimate of drug-likeness (QED) is 0.724. The lowest BCUT2D eigenvalue weighted by molar-refractivity contribution is -0.158. The molecule has 0 aromatic rings. The second-order valence-corrected chi connectivity index (χ2v) is 5.14. The zero-order valence-electron chi connectivity index (χ0n) is 11.8. The van der Waals surface area contributed by atoms with Gasteiger partial charge in [0.15, 0.2) is 0 Å². The van der Waals surface area contributed by atoms with Crippen molar-refractivity contribution >= 4 is 11.9 Å². The molecule has 0 unspecified atom stereocenters. The normalized spacial score (nSPS) is 30.7. The highest BCUT2D eigenvalue weighted by Gasteiger charge is 2.47. The monoisotopic (exact) mass is 269 g/mol. The molecule has 5 nitrogen and oxygen atoms in total. The molecular formula is C14H23NO4. The number of carbonyl (C=O) groups excluding carboxylic acids is 2. The molecule has 0 N–H and O–H groups in total. The Morgan fingerprint density at radius 3 is 2.11 bits per heavy atom. The second kappa shape index (κ2) is 6.37. The van der Waals surface area contributed by atoms with Gasteiger partial charge in [0.25, 0.3) is 0 Å². The van der Waals surface area contributed by atoms with Crippen LogP contribution in [0.4, 0.5) is 0 Å². The van der Waals surface area contributed by atoms with Gasteiger partial charge < -0.3 is 9.47 Å². The van der Waals surface area contributed by atoms with E-state index in [2.05, 4.69) is 4.90 Å². The van der Waals surface area contributed by atoms with E-state index in [1.54, 1.807) is 0 Å². The van der Waals surface area contributed by atoms with Crippen molar-refractivity contribution in [3.05, 3.63) is 0 Å². The largest absolute Gasteiger partial charge is 0.465 e. The highest BCUT2D eigenvalue weighted by Crippen LogP contribution is 2.36. The van der Waals surface area contributed by atoms with Crippen LogP contribution in [0.15, 0.2) is 0 Å². The van der Waals surface area contributed by atoms with E-state index in [-0.39, 0.29) is 24.0 Å². The van der Waals surface area contributed by atoms with Gasteiger partial charge in [-0.3, -0.25) is 14.5 Å². The van der Waals surface area contributed by atoms with Crippen molar-refractivity contribution in [2.75, 3.05) is 13.2 Å². The first kappa shape index (κ1) is 14.3. The van der Waals surface area contributed by atoms with Crippen LogP contribution < -0.4 is 0 Å². The molecular weight excluding hydrogens is 246 g/mol. The summed E-state index contributed by atoms with van der Waals surface area (Å²) < 4.78 is 10.3. The summed E-state index contributed by atoms with van der Waals surface area (Å²) >= 11 is 0. The predicted octanol–water partition coefficient (Wildman–Crippen LogP) is 1.50. The van der Waals surface area contributed by atoms with E-state index in [0.29, 0.717) is 19.3 Å². The van der Waals surface area contributed by atoms with Crippen LogP contribution in [0, 0.1) is 0 Å². The molecule has 108 valence electrons. The summed E-state index contributed by atoms with van der Waals surface area (Å²) in [6.45, 7) is 4.39. The van der Waals surface area contributed by atoms with Crippen molar-refractivity contribution in [1.29, 1.82) is 0 Å². The summed E-state index contributed by atoms with van der Waals surface area (Å²) in [6.07, 6.45) is 4.63. The molecule has 2 heterocycles. The lowest BCUT2D eigenvalue weighted by atomic mass is 9.96. The standard InChI is InChI=1S/C14H23NO4/c1-3-18-13(16)11-7-5-6-10-8-9-12(15(10)11)14(17)19-4-2/h10-12H,3-9H2,1-2H3/t10-,11-,12-/m1/s1. The molecule has 5 heteroatoms. The number of esters is 2. The van der Waals surface area contributed by atoms with Crippen molar-refractivity contribution in [3.8, 4) is 0 Å². The molecule has 0 radical (unpaired) electrons. The Morgan fingerprint density at radius 1 is 0.947 bits per heavy atom. The molecule has 0 amide bonds. The molecule has 2 saturated heterocycles. The maximum absolute atomic E-state index is 12.1. The van der Waals surface area contributed by atoms with Crippen LogP contribution in [0.3, 0.4) is 0 Å². The lowest BCUT2D eigenvalue weighted by Gasteiger charge is -2.38. The molecule has 0 aliphatic carbocycles. The number of nitrogens with zero attached hydrogens (tertiary/aromatic N) is 1. The molecule has 2 aliphatic rings. The van der Waals surface area contributed by atoms with Crippen molar-refractivity contribution in [2.24, 2.45) is 0 Å². The van der Waals surface area contributed by atoms with Gasteiger partial charge >= 0.3 is 11.9 Å². The number of piperidine rings is 1. The van der Waals surface area contributed by atoms with Crippen LogP contribution in [-0.2, 0) is 19.1 Å². The van der Waals surface area contributed by atoms with E-state index in [9.17, 15) is 9.59 Å². The predicted molar refractivity (Wildman–Crippen MR) is 69.6 cm³/mol. The Bertz CT molecular complexity index is 344. The highest BCUT2D eigenvalue weighted by atomic mass is 16.5. The molecule has 0 spiro atoms. The van der Waals surface area contributed by atoms with Crippen molar-refractivity contribution in [3.63, 3.8) is 0 Å². The summed E-state index contributed by atoms with van der Waals surface area (Å²) in [6, 6.07) is -0.201. The van der Waals surface area contributed by atoms with Gasteiger partial charge in [-0.05, 0) is 46.0 Å².